The first-order chi connectivity index (χ1) is 11.5. The summed E-state index contributed by atoms with van der Waals surface area (Å²) in [6.45, 7) is 4.81. The third kappa shape index (κ3) is 5.04. The second-order valence-corrected chi connectivity index (χ2v) is 6.26. The molecule has 0 radical (unpaired) electrons. The summed E-state index contributed by atoms with van der Waals surface area (Å²) in [5, 5.41) is 5.80. The highest BCUT2D eigenvalue weighted by molar-refractivity contribution is 5.94. The van der Waals surface area contributed by atoms with Crippen LogP contribution in [0, 0.1) is 0 Å². The molecule has 3 atom stereocenters. The fourth-order valence-corrected chi connectivity index (χ4v) is 2.61. The van der Waals surface area contributed by atoms with E-state index >= 15 is 0 Å². The number of carbonyl (C=O) groups excluding carboxylic acids is 2. The van der Waals surface area contributed by atoms with E-state index < -0.39 is 6.10 Å². The lowest BCUT2D eigenvalue weighted by Crippen LogP contribution is -2.35. The van der Waals surface area contributed by atoms with Gasteiger partial charge in [0.15, 0.2) is 0 Å². The van der Waals surface area contributed by atoms with Crippen molar-refractivity contribution in [2.24, 2.45) is 5.73 Å². The van der Waals surface area contributed by atoms with Crippen molar-refractivity contribution < 1.29 is 14.3 Å². The van der Waals surface area contributed by atoms with Crippen LogP contribution in [0.25, 0.3) is 0 Å². The van der Waals surface area contributed by atoms with Crippen LogP contribution < -0.4 is 16.4 Å². The summed E-state index contributed by atoms with van der Waals surface area (Å²) in [4.78, 5) is 24.3. The van der Waals surface area contributed by atoms with Crippen LogP contribution >= 0.6 is 0 Å². The molecule has 0 saturated carbocycles. The highest BCUT2D eigenvalue weighted by atomic mass is 16.5. The van der Waals surface area contributed by atoms with Gasteiger partial charge in [0, 0.05) is 24.7 Å². The molecule has 1 unspecified atom stereocenters. The van der Waals surface area contributed by atoms with E-state index in [2.05, 4.69) is 10.6 Å². The van der Waals surface area contributed by atoms with Gasteiger partial charge in [0.05, 0.1) is 6.10 Å². The van der Waals surface area contributed by atoms with Crippen LogP contribution in [-0.4, -0.2) is 36.6 Å². The maximum atomic E-state index is 12.2. The second-order valence-electron chi connectivity index (χ2n) is 6.26. The number of ether oxygens (including phenoxy) is 1. The predicted octanol–water partition coefficient (Wildman–Crippen LogP) is 1.34. The van der Waals surface area contributed by atoms with Gasteiger partial charge >= 0.3 is 0 Å². The van der Waals surface area contributed by atoms with E-state index in [1.165, 1.54) is 0 Å². The highest BCUT2D eigenvalue weighted by Crippen LogP contribution is 2.19. The fourth-order valence-electron chi connectivity index (χ4n) is 2.61. The van der Waals surface area contributed by atoms with Crippen LogP contribution in [-0.2, 0) is 16.1 Å². The van der Waals surface area contributed by atoms with E-state index in [-0.39, 0.29) is 24.0 Å². The molecule has 24 heavy (non-hydrogen) atoms. The molecule has 132 valence electrons. The Labute approximate surface area is 143 Å². The monoisotopic (exact) mass is 333 g/mol. The molecule has 1 aliphatic rings. The fraction of sp³-hybridized carbons (Fsp3) is 0.556. The molecule has 2 amide bonds. The number of amides is 2. The van der Waals surface area contributed by atoms with Crippen molar-refractivity contribution in [1.29, 1.82) is 0 Å². The molecular formula is C18H27N3O3. The van der Waals surface area contributed by atoms with Crippen molar-refractivity contribution >= 4 is 11.8 Å². The molecule has 0 bridgehead atoms. The zero-order valence-electron chi connectivity index (χ0n) is 14.4. The average molecular weight is 333 g/mol. The molecular weight excluding hydrogens is 306 g/mol. The van der Waals surface area contributed by atoms with Crippen LogP contribution in [0.1, 0.15) is 49.0 Å². The van der Waals surface area contributed by atoms with Crippen molar-refractivity contribution in [3.63, 3.8) is 0 Å². The van der Waals surface area contributed by atoms with Gasteiger partial charge in [-0.05, 0) is 43.9 Å². The van der Waals surface area contributed by atoms with Crippen molar-refractivity contribution in [3.8, 4) is 0 Å². The van der Waals surface area contributed by atoms with E-state index in [1.807, 2.05) is 26.0 Å². The summed E-state index contributed by atoms with van der Waals surface area (Å²) in [5.74, 6) is -0.220. The Bertz CT molecular complexity index is 576. The summed E-state index contributed by atoms with van der Waals surface area (Å²) in [6, 6.07) is 7.42. The summed E-state index contributed by atoms with van der Waals surface area (Å²) < 4.78 is 5.58. The molecule has 6 nitrogen and oxygen atoms in total. The van der Waals surface area contributed by atoms with Gasteiger partial charge in [-0.2, -0.15) is 0 Å². The van der Waals surface area contributed by atoms with E-state index in [1.54, 1.807) is 12.1 Å². The van der Waals surface area contributed by atoms with Gasteiger partial charge in [-0.25, -0.2) is 0 Å². The average Bonchev–Trinajstić information content (AvgIpc) is 3.09. The molecule has 1 aromatic rings. The molecule has 1 aromatic carbocycles. The first-order valence-electron chi connectivity index (χ1n) is 8.56. The van der Waals surface area contributed by atoms with Crippen molar-refractivity contribution in [2.45, 2.75) is 57.9 Å². The molecule has 1 fully saturated rings. The minimum Gasteiger partial charge on any atom is -0.364 e. The Morgan fingerprint density at radius 1 is 1.38 bits per heavy atom. The number of benzene rings is 1. The van der Waals surface area contributed by atoms with Crippen LogP contribution in [0.2, 0.25) is 0 Å². The largest absolute Gasteiger partial charge is 0.364 e. The topological polar surface area (TPSA) is 93.5 Å². The molecule has 4 N–H and O–H groups in total. The predicted molar refractivity (Wildman–Crippen MR) is 92.5 cm³/mol. The number of rotatable bonds is 7. The van der Waals surface area contributed by atoms with Crippen LogP contribution in [0.5, 0.6) is 0 Å². The Morgan fingerprint density at radius 3 is 2.83 bits per heavy atom. The summed E-state index contributed by atoms with van der Waals surface area (Å²) in [7, 11) is 0. The third-order valence-electron chi connectivity index (χ3n) is 4.31. The normalized spacial score (nSPS) is 21.3. The lowest BCUT2D eigenvalue weighted by Gasteiger charge is -2.14. The Hall–Kier alpha value is -1.92. The molecule has 1 heterocycles. The molecule has 2 rings (SSSR count). The van der Waals surface area contributed by atoms with Gasteiger partial charge in [-0.1, -0.05) is 19.1 Å². The quantitative estimate of drug-likeness (QED) is 0.702. The Balaban J connectivity index is 1.88. The number of carbonyl (C=O) groups is 2. The highest BCUT2D eigenvalue weighted by Gasteiger charge is 2.29. The molecule has 6 heteroatoms. The molecule has 1 aliphatic heterocycles. The Morgan fingerprint density at radius 2 is 2.17 bits per heavy atom. The summed E-state index contributed by atoms with van der Waals surface area (Å²) in [6.07, 6.45) is 1.96. The zero-order valence-corrected chi connectivity index (χ0v) is 14.4. The SMILES string of the molecule is CCC(C)NC(=O)c1cccc(CNC(=O)[C@@H]2CC[C@H](CN)O2)c1. The maximum Gasteiger partial charge on any atom is 0.251 e. The number of hydrogen-bond donors (Lipinski definition) is 3. The molecule has 0 aliphatic carbocycles. The van der Waals surface area contributed by atoms with Gasteiger partial charge in [-0.15, -0.1) is 0 Å². The number of nitrogens with one attached hydrogen (secondary N) is 2. The first-order valence-corrected chi connectivity index (χ1v) is 8.56. The molecule has 0 spiro atoms. The van der Waals surface area contributed by atoms with E-state index in [0.29, 0.717) is 25.1 Å². The lowest BCUT2D eigenvalue weighted by atomic mass is 10.1. The Kier molecular flexibility index (Phi) is 6.75. The van der Waals surface area contributed by atoms with Gasteiger partial charge in [0.1, 0.15) is 6.10 Å². The number of hydrogen-bond acceptors (Lipinski definition) is 4. The van der Waals surface area contributed by atoms with Crippen LogP contribution in [0.4, 0.5) is 0 Å². The van der Waals surface area contributed by atoms with Gasteiger partial charge in [0.2, 0.25) is 5.91 Å². The van der Waals surface area contributed by atoms with Gasteiger partial charge < -0.3 is 21.1 Å². The first kappa shape index (κ1) is 18.4. The number of nitrogens with two attached hydrogens (primary N) is 1. The minimum atomic E-state index is -0.421. The van der Waals surface area contributed by atoms with E-state index in [0.717, 1.165) is 18.4 Å². The molecule has 1 saturated heterocycles. The van der Waals surface area contributed by atoms with Crippen molar-refractivity contribution in [1.82, 2.24) is 10.6 Å². The standard InChI is InChI=1S/C18H27N3O3/c1-3-12(2)21-17(22)14-6-4-5-13(9-14)11-20-18(23)16-8-7-15(10-19)24-16/h4-6,9,12,15-16H,3,7-8,10-11,19H2,1-2H3,(H,20,23)(H,21,22)/t12?,15-,16+/m1/s1. The minimum absolute atomic E-state index is 0.0201. The lowest BCUT2D eigenvalue weighted by molar-refractivity contribution is -0.132. The van der Waals surface area contributed by atoms with Crippen molar-refractivity contribution in [2.75, 3.05) is 6.54 Å². The third-order valence-corrected chi connectivity index (χ3v) is 4.31. The zero-order chi connectivity index (χ0) is 17.5. The molecule has 0 aromatic heterocycles. The smallest absolute Gasteiger partial charge is 0.251 e. The van der Waals surface area contributed by atoms with Crippen LogP contribution in [0.15, 0.2) is 24.3 Å². The summed E-state index contributed by atoms with van der Waals surface area (Å²) in [5.41, 5.74) is 7.04. The van der Waals surface area contributed by atoms with Gasteiger partial charge in [-0.3, -0.25) is 9.59 Å². The summed E-state index contributed by atoms with van der Waals surface area (Å²) >= 11 is 0. The van der Waals surface area contributed by atoms with Crippen molar-refractivity contribution in [3.05, 3.63) is 35.4 Å². The van der Waals surface area contributed by atoms with E-state index in [4.69, 9.17) is 10.5 Å². The van der Waals surface area contributed by atoms with E-state index in [9.17, 15) is 9.59 Å². The van der Waals surface area contributed by atoms with Gasteiger partial charge in [0.25, 0.3) is 5.91 Å². The van der Waals surface area contributed by atoms with Crippen LogP contribution in [0.3, 0.4) is 0 Å². The second kappa shape index (κ2) is 8.80. The maximum absolute atomic E-state index is 12.2.